The molecule has 1 N–H and O–H groups in total. The van der Waals surface area contributed by atoms with E-state index in [0.717, 1.165) is 25.8 Å². The van der Waals surface area contributed by atoms with Gasteiger partial charge in [-0.2, -0.15) is 0 Å². The lowest BCUT2D eigenvalue weighted by Crippen LogP contribution is -1.93. The van der Waals surface area contributed by atoms with Crippen LogP contribution in [-0.4, -0.2) is 20.6 Å². The maximum atomic E-state index is 10.2. The van der Waals surface area contributed by atoms with Gasteiger partial charge >= 0.3 is 5.97 Å². The number of hydrogen-bond acceptors (Lipinski definition) is 2. The van der Waals surface area contributed by atoms with E-state index in [9.17, 15) is 4.79 Å². The maximum absolute atomic E-state index is 10.2. The molecular formula is C11H17ClN2O2. The maximum Gasteiger partial charge on any atom is 0.303 e. The normalized spacial score (nSPS) is 10.2. The van der Waals surface area contributed by atoms with E-state index in [1.807, 2.05) is 10.8 Å². The van der Waals surface area contributed by atoms with Crippen molar-refractivity contribution in [3.05, 3.63) is 30.9 Å². The van der Waals surface area contributed by atoms with Crippen molar-refractivity contribution in [2.24, 2.45) is 0 Å². The molecule has 0 radical (unpaired) electrons. The number of carbonyl (C=O) groups is 1. The molecule has 5 heteroatoms. The second-order valence-corrected chi connectivity index (χ2v) is 3.37. The molecule has 4 nitrogen and oxygen atoms in total. The molecule has 0 saturated carbocycles. The lowest BCUT2D eigenvalue weighted by Gasteiger charge is -1.95. The van der Waals surface area contributed by atoms with Gasteiger partial charge in [0.25, 0.3) is 0 Å². The van der Waals surface area contributed by atoms with Gasteiger partial charge in [-0.1, -0.05) is 12.2 Å². The molecule has 1 heterocycles. The Balaban J connectivity index is 0.00000225. The molecule has 0 aliphatic rings. The minimum absolute atomic E-state index is 0. The summed E-state index contributed by atoms with van der Waals surface area (Å²) >= 11 is 0. The molecule has 90 valence electrons. The van der Waals surface area contributed by atoms with Crippen LogP contribution in [-0.2, 0) is 11.3 Å². The largest absolute Gasteiger partial charge is 0.481 e. The SMILES string of the molecule is Cl.O=C(O)CCCCC=CCn1ccnc1. The van der Waals surface area contributed by atoms with Crippen LogP contribution in [0.3, 0.4) is 0 Å². The third-order valence-electron chi connectivity index (χ3n) is 2.05. The van der Waals surface area contributed by atoms with Crippen LogP contribution in [0.2, 0.25) is 0 Å². The fourth-order valence-electron chi connectivity index (χ4n) is 1.25. The fourth-order valence-corrected chi connectivity index (χ4v) is 1.25. The predicted molar refractivity (Wildman–Crippen MR) is 64.7 cm³/mol. The monoisotopic (exact) mass is 244 g/mol. The van der Waals surface area contributed by atoms with Crippen LogP contribution in [0, 0.1) is 0 Å². The van der Waals surface area contributed by atoms with E-state index in [0.29, 0.717) is 0 Å². The molecule has 1 aromatic heterocycles. The molecule has 0 saturated heterocycles. The topological polar surface area (TPSA) is 55.1 Å². The Bertz CT molecular complexity index is 310. The summed E-state index contributed by atoms with van der Waals surface area (Å²) in [6.07, 6.45) is 12.5. The molecule has 0 aliphatic carbocycles. The molecule has 0 amide bonds. The van der Waals surface area contributed by atoms with E-state index in [4.69, 9.17) is 5.11 Å². The summed E-state index contributed by atoms with van der Waals surface area (Å²) in [5, 5.41) is 8.41. The number of unbranched alkanes of at least 4 members (excludes halogenated alkanes) is 2. The quantitative estimate of drug-likeness (QED) is 0.592. The number of carboxylic acids is 1. The third kappa shape index (κ3) is 7.06. The van der Waals surface area contributed by atoms with E-state index in [2.05, 4.69) is 17.1 Å². The van der Waals surface area contributed by atoms with Crippen LogP contribution < -0.4 is 0 Å². The van der Waals surface area contributed by atoms with Crippen molar-refractivity contribution in [2.75, 3.05) is 0 Å². The smallest absolute Gasteiger partial charge is 0.303 e. The molecule has 0 spiro atoms. The van der Waals surface area contributed by atoms with Crippen molar-refractivity contribution in [3.63, 3.8) is 0 Å². The van der Waals surface area contributed by atoms with Crippen molar-refractivity contribution < 1.29 is 9.90 Å². The standard InChI is InChI=1S/C11H16N2O2.ClH/c14-11(15)6-4-2-1-3-5-8-13-9-7-12-10-13;/h3,5,7,9-10H,1-2,4,6,8H2,(H,14,15);1H. The van der Waals surface area contributed by atoms with Crippen LogP contribution in [0.25, 0.3) is 0 Å². The van der Waals surface area contributed by atoms with Crippen LogP contribution >= 0.6 is 12.4 Å². The van der Waals surface area contributed by atoms with Gasteiger partial charge in [0, 0.05) is 25.4 Å². The average molecular weight is 245 g/mol. The fraction of sp³-hybridized carbons (Fsp3) is 0.455. The molecule has 0 aliphatic heterocycles. The first-order chi connectivity index (χ1) is 7.29. The summed E-state index contributed by atoms with van der Waals surface area (Å²) in [6, 6.07) is 0. The van der Waals surface area contributed by atoms with Gasteiger partial charge in [0.2, 0.25) is 0 Å². The number of hydrogen-bond donors (Lipinski definition) is 1. The first-order valence-electron chi connectivity index (χ1n) is 5.11. The molecule has 0 fully saturated rings. The summed E-state index contributed by atoms with van der Waals surface area (Å²) < 4.78 is 1.98. The van der Waals surface area contributed by atoms with Gasteiger partial charge in [0.05, 0.1) is 6.33 Å². The number of halogens is 1. The van der Waals surface area contributed by atoms with Crippen LogP contribution in [0.15, 0.2) is 30.9 Å². The van der Waals surface area contributed by atoms with E-state index in [1.54, 1.807) is 12.5 Å². The van der Waals surface area contributed by atoms with Crippen LogP contribution in [0.1, 0.15) is 25.7 Å². The summed E-state index contributed by atoms with van der Waals surface area (Å²) in [6.45, 7) is 0.832. The number of allylic oxidation sites excluding steroid dienone is 2. The van der Waals surface area contributed by atoms with Crippen molar-refractivity contribution in [2.45, 2.75) is 32.2 Å². The highest BCUT2D eigenvalue weighted by Crippen LogP contribution is 2.00. The van der Waals surface area contributed by atoms with Gasteiger partial charge in [0.15, 0.2) is 0 Å². The zero-order valence-corrected chi connectivity index (χ0v) is 9.90. The number of aliphatic carboxylic acids is 1. The van der Waals surface area contributed by atoms with Gasteiger partial charge in [-0.25, -0.2) is 4.98 Å². The van der Waals surface area contributed by atoms with Crippen LogP contribution in [0.5, 0.6) is 0 Å². The Morgan fingerprint density at radius 1 is 1.38 bits per heavy atom. The summed E-state index contributed by atoms with van der Waals surface area (Å²) in [7, 11) is 0. The van der Waals surface area contributed by atoms with Crippen LogP contribution in [0.4, 0.5) is 0 Å². The number of aromatic nitrogens is 2. The Labute approximate surface area is 101 Å². The van der Waals surface area contributed by atoms with E-state index in [-0.39, 0.29) is 18.8 Å². The Hall–Kier alpha value is -1.29. The molecule has 1 aromatic rings. The van der Waals surface area contributed by atoms with Crippen molar-refractivity contribution in [1.29, 1.82) is 0 Å². The Kier molecular flexibility index (Phi) is 8.25. The molecule has 16 heavy (non-hydrogen) atoms. The first-order valence-corrected chi connectivity index (χ1v) is 5.11. The van der Waals surface area contributed by atoms with Gasteiger partial charge in [-0.05, 0) is 19.3 Å². The zero-order chi connectivity index (χ0) is 10.9. The van der Waals surface area contributed by atoms with Crippen molar-refractivity contribution >= 4 is 18.4 Å². The molecular weight excluding hydrogens is 228 g/mol. The number of nitrogens with zero attached hydrogens (tertiary/aromatic N) is 2. The van der Waals surface area contributed by atoms with Crippen molar-refractivity contribution in [1.82, 2.24) is 9.55 Å². The highest BCUT2D eigenvalue weighted by molar-refractivity contribution is 5.85. The molecule has 0 aromatic carbocycles. The van der Waals surface area contributed by atoms with Gasteiger partial charge in [-0.15, -0.1) is 12.4 Å². The minimum Gasteiger partial charge on any atom is -0.481 e. The van der Waals surface area contributed by atoms with Crippen molar-refractivity contribution in [3.8, 4) is 0 Å². The number of rotatable bonds is 7. The first kappa shape index (κ1) is 14.7. The second-order valence-electron chi connectivity index (χ2n) is 3.37. The lowest BCUT2D eigenvalue weighted by molar-refractivity contribution is -0.137. The molecule has 0 unspecified atom stereocenters. The Morgan fingerprint density at radius 2 is 2.19 bits per heavy atom. The van der Waals surface area contributed by atoms with Gasteiger partial charge in [-0.3, -0.25) is 4.79 Å². The number of imidazole rings is 1. The minimum atomic E-state index is -0.711. The Morgan fingerprint density at radius 3 is 2.81 bits per heavy atom. The average Bonchev–Trinajstić information content (AvgIpc) is 2.68. The lowest BCUT2D eigenvalue weighted by atomic mass is 10.2. The highest BCUT2D eigenvalue weighted by atomic mass is 35.5. The predicted octanol–water partition coefficient (Wildman–Crippen LogP) is 2.51. The van der Waals surface area contributed by atoms with Gasteiger partial charge in [0.1, 0.15) is 0 Å². The number of carboxylic acid groups (broad SMARTS) is 1. The third-order valence-corrected chi connectivity index (χ3v) is 2.05. The van der Waals surface area contributed by atoms with E-state index >= 15 is 0 Å². The summed E-state index contributed by atoms with van der Waals surface area (Å²) in [5.74, 6) is -0.711. The zero-order valence-electron chi connectivity index (χ0n) is 9.08. The highest BCUT2D eigenvalue weighted by Gasteiger charge is 1.94. The second kappa shape index (κ2) is 8.97. The summed E-state index contributed by atoms with van der Waals surface area (Å²) in [4.78, 5) is 14.1. The molecule has 0 bridgehead atoms. The van der Waals surface area contributed by atoms with E-state index < -0.39 is 5.97 Å². The molecule has 1 rings (SSSR count). The van der Waals surface area contributed by atoms with E-state index in [1.165, 1.54) is 0 Å². The van der Waals surface area contributed by atoms with Gasteiger partial charge < -0.3 is 9.67 Å². The molecule has 0 atom stereocenters. The summed E-state index contributed by atoms with van der Waals surface area (Å²) in [5.41, 5.74) is 0.